The van der Waals surface area contributed by atoms with Crippen LogP contribution in [0.25, 0.3) is 5.69 Å². The van der Waals surface area contributed by atoms with Gasteiger partial charge in [-0.15, -0.1) is 5.10 Å². The van der Waals surface area contributed by atoms with Gasteiger partial charge >= 0.3 is 0 Å². The molecule has 116 valence electrons. The van der Waals surface area contributed by atoms with Crippen LogP contribution in [0.2, 0.25) is 0 Å². The molecule has 0 spiro atoms. The van der Waals surface area contributed by atoms with Crippen molar-refractivity contribution in [2.24, 2.45) is 0 Å². The number of thioether (sulfide) groups is 1. The molecule has 0 unspecified atom stereocenters. The molecule has 2 aromatic rings. The van der Waals surface area contributed by atoms with Gasteiger partial charge in [0.2, 0.25) is 11.1 Å². The van der Waals surface area contributed by atoms with Crippen molar-refractivity contribution in [3.05, 3.63) is 30.1 Å². The molecule has 22 heavy (non-hydrogen) atoms. The van der Waals surface area contributed by atoms with Crippen molar-refractivity contribution in [3.63, 3.8) is 0 Å². The molecule has 0 saturated carbocycles. The number of carbonyl (C=O) groups excluding carboxylic acids is 1. The van der Waals surface area contributed by atoms with E-state index in [-0.39, 0.29) is 17.5 Å². The second kappa shape index (κ2) is 6.87. The highest BCUT2D eigenvalue weighted by Crippen LogP contribution is 2.20. The number of aromatic nitrogens is 4. The number of amides is 1. The lowest BCUT2D eigenvalue weighted by atomic mass is 10.1. The topological polar surface area (TPSA) is 63.9 Å². The van der Waals surface area contributed by atoms with Crippen LogP contribution in [0.3, 0.4) is 0 Å². The molecule has 1 amide bonds. The summed E-state index contributed by atoms with van der Waals surface area (Å²) < 4.78 is 14.7. The molecule has 0 aliphatic carbocycles. The summed E-state index contributed by atoms with van der Waals surface area (Å²) >= 11 is 1.27. The summed E-state index contributed by atoms with van der Waals surface area (Å²) in [6.45, 7) is 1.66. The van der Waals surface area contributed by atoms with Crippen molar-refractivity contribution in [1.82, 2.24) is 25.1 Å². The van der Waals surface area contributed by atoms with Gasteiger partial charge in [0.15, 0.2) is 0 Å². The second-order valence-electron chi connectivity index (χ2n) is 5.08. The van der Waals surface area contributed by atoms with E-state index in [1.807, 2.05) is 4.90 Å². The SMILES string of the molecule is O=C(CSc1nnnn1-c1cccc(F)c1)N1CCCCC1. The third kappa shape index (κ3) is 3.44. The van der Waals surface area contributed by atoms with E-state index in [4.69, 9.17) is 0 Å². The summed E-state index contributed by atoms with van der Waals surface area (Å²) in [7, 11) is 0. The summed E-state index contributed by atoms with van der Waals surface area (Å²) in [5, 5.41) is 11.9. The molecule has 1 fully saturated rings. The third-order valence-electron chi connectivity index (χ3n) is 3.53. The maximum absolute atomic E-state index is 13.3. The van der Waals surface area contributed by atoms with Gasteiger partial charge in [-0.3, -0.25) is 4.79 Å². The number of hydrogen-bond acceptors (Lipinski definition) is 5. The smallest absolute Gasteiger partial charge is 0.233 e. The number of hydrogen-bond donors (Lipinski definition) is 0. The maximum Gasteiger partial charge on any atom is 0.233 e. The van der Waals surface area contributed by atoms with E-state index in [9.17, 15) is 9.18 Å². The van der Waals surface area contributed by atoms with E-state index in [0.29, 0.717) is 10.8 Å². The van der Waals surface area contributed by atoms with Crippen molar-refractivity contribution in [2.45, 2.75) is 24.4 Å². The fourth-order valence-electron chi connectivity index (χ4n) is 2.40. The van der Waals surface area contributed by atoms with E-state index in [1.165, 1.54) is 35.0 Å². The van der Waals surface area contributed by atoms with Crippen molar-refractivity contribution < 1.29 is 9.18 Å². The first-order chi connectivity index (χ1) is 10.7. The molecule has 1 aliphatic heterocycles. The summed E-state index contributed by atoms with van der Waals surface area (Å²) in [4.78, 5) is 14.0. The van der Waals surface area contributed by atoms with E-state index >= 15 is 0 Å². The number of benzene rings is 1. The number of carbonyl (C=O) groups is 1. The van der Waals surface area contributed by atoms with E-state index < -0.39 is 0 Å². The van der Waals surface area contributed by atoms with Gasteiger partial charge in [0.1, 0.15) is 5.82 Å². The molecular weight excluding hydrogens is 305 g/mol. The number of rotatable bonds is 4. The summed E-state index contributed by atoms with van der Waals surface area (Å²) in [6, 6.07) is 6.03. The minimum atomic E-state index is -0.353. The zero-order chi connectivity index (χ0) is 15.4. The average Bonchev–Trinajstić information content (AvgIpc) is 3.02. The maximum atomic E-state index is 13.3. The zero-order valence-corrected chi connectivity index (χ0v) is 12.8. The molecule has 2 heterocycles. The number of likely N-dealkylation sites (tertiary alicyclic amines) is 1. The van der Waals surface area contributed by atoms with Crippen LogP contribution < -0.4 is 0 Å². The van der Waals surface area contributed by atoms with Gasteiger partial charge in [0.05, 0.1) is 11.4 Å². The highest BCUT2D eigenvalue weighted by atomic mass is 32.2. The Morgan fingerprint density at radius 1 is 1.27 bits per heavy atom. The molecule has 6 nitrogen and oxygen atoms in total. The van der Waals surface area contributed by atoms with Gasteiger partial charge in [-0.1, -0.05) is 17.8 Å². The Labute approximate surface area is 131 Å². The largest absolute Gasteiger partial charge is 0.342 e. The molecule has 3 rings (SSSR count). The molecule has 1 aliphatic rings. The van der Waals surface area contributed by atoms with Gasteiger partial charge in [-0.05, 0) is 47.9 Å². The average molecular weight is 321 g/mol. The lowest BCUT2D eigenvalue weighted by molar-refractivity contribution is -0.129. The number of tetrazole rings is 1. The van der Waals surface area contributed by atoms with E-state index in [1.54, 1.807) is 12.1 Å². The molecule has 0 bridgehead atoms. The highest BCUT2D eigenvalue weighted by Gasteiger charge is 2.18. The first-order valence-corrected chi connectivity index (χ1v) is 8.17. The molecular formula is C14H16FN5OS. The summed E-state index contributed by atoms with van der Waals surface area (Å²) in [5.74, 6) is 0.0298. The molecule has 1 saturated heterocycles. The van der Waals surface area contributed by atoms with Crippen LogP contribution in [0.15, 0.2) is 29.4 Å². The highest BCUT2D eigenvalue weighted by molar-refractivity contribution is 7.99. The molecule has 0 N–H and O–H groups in total. The van der Waals surface area contributed by atoms with Crippen LogP contribution >= 0.6 is 11.8 Å². The predicted octanol–water partition coefficient (Wildman–Crippen LogP) is 1.91. The Balaban J connectivity index is 1.66. The minimum Gasteiger partial charge on any atom is -0.342 e. The van der Waals surface area contributed by atoms with Gasteiger partial charge in [-0.2, -0.15) is 4.68 Å². The number of nitrogens with zero attached hydrogens (tertiary/aromatic N) is 5. The van der Waals surface area contributed by atoms with Crippen molar-refractivity contribution >= 4 is 17.7 Å². The van der Waals surface area contributed by atoms with Crippen LogP contribution in [-0.4, -0.2) is 49.9 Å². The first-order valence-electron chi connectivity index (χ1n) is 7.19. The van der Waals surface area contributed by atoms with Crippen LogP contribution in [0.4, 0.5) is 4.39 Å². The van der Waals surface area contributed by atoms with Crippen molar-refractivity contribution in [1.29, 1.82) is 0 Å². The molecule has 1 aromatic carbocycles. The lowest BCUT2D eigenvalue weighted by Crippen LogP contribution is -2.36. The Kier molecular flexibility index (Phi) is 4.67. The van der Waals surface area contributed by atoms with Crippen LogP contribution in [-0.2, 0) is 4.79 Å². The fourth-order valence-corrected chi connectivity index (χ4v) is 3.19. The number of piperidine rings is 1. The Hall–Kier alpha value is -1.96. The standard InChI is InChI=1S/C14H16FN5OS/c15-11-5-4-6-12(9-11)20-14(16-17-18-20)22-10-13(21)19-7-2-1-3-8-19/h4-6,9H,1-3,7-8,10H2. The third-order valence-corrected chi connectivity index (χ3v) is 4.43. The molecule has 0 radical (unpaired) electrons. The fraction of sp³-hybridized carbons (Fsp3) is 0.429. The van der Waals surface area contributed by atoms with Crippen LogP contribution in [0, 0.1) is 5.82 Å². The van der Waals surface area contributed by atoms with Gasteiger partial charge in [-0.25, -0.2) is 4.39 Å². The summed E-state index contributed by atoms with van der Waals surface area (Å²) in [6.07, 6.45) is 3.32. The normalized spacial score (nSPS) is 15.0. The van der Waals surface area contributed by atoms with Crippen LogP contribution in [0.1, 0.15) is 19.3 Å². The predicted molar refractivity (Wildman–Crippen MR) is 80.3 cm³/mol. The van der Waals surface area contributed by atoms with Gasteiger partial charge in [0.25, 0.3) is 0 Å². The Bertz CT molecular complexity index is 656. The molecule has 8 heteroatoms. The lowest BCUT2D eigenvalue weighted by Gasteiger charge is -2.26. The first kappa shape index (κ1) is 15.0. The molecule has 1 aromatic heterocycles. The minimum absolute atomic E-state index is 0.0958. The van der Waals surface area contributed by atoms with Gasteiger partial charge in [0, 0.05) is 13.1 Å². The van der Waals surface area contributed by atoms with Gasteiger partial charge < -0.3 is 4.90 Å². The quantitative estimate of drug-likeness (QED) is 0.805. The van der Waals surface area contributed by atoms with Crippen molar-refractivity contribution in [2.75, 3.05) is 18.8 Å². The Morgan fingerprint density at radius 3 is 2.86 bits per heavy atom. The number of halogens is 1. The zero-order valence-electron chi connectivity index (χ0n) is 12.0. The Morgan fingerprint density at radius 2 is 2.09 bits per heavy atom. The van der Waals surface area contributed by atoms with E-state index in [2.05, 4.69) is 15.5 Å². The second-order valence-corrected chi connectivity index (χ2v) is 6.03. The monoisotopic (exact) mass is 321 g/mol. The summed E-state index contributed by atoms with van der Waals surface area (Å²) in [5.41, 5.74) is 0.540. The van der Waals surface area contributed by atoms with Crippen LogP contribution in [0.5, 0.6) is 0 Å². The van der Waals surface area contributed by atoms with E-state index in [0.717, 1.165) is 25.9 Å². The van der Waals surface area contributed by atoms with Crippen molar-refractivity contribution in [3.8, 4) is 5.69 Å². The molecule has 0 atom stereocenters.